The number of fused-ring (bicyclic) bond motifs is 2. The van der Waals surface area contributed by atoms with Crippen molar-refractivity contribution in [3.63, 3.8) is 0 Å². The van der Waals surface area contributed by atoms with Crippen LogP contribution in [0.25, 0.3) is 0 Å². The monoisotopic (exact) mass is 250 g/mol. The van der Waals surface area contributed by atoms with Crippen molar-refractivity contribution >= 4 is 18.7 Å². The summed E-state index contributed by atoms with van der Waals surface area (Å²) < 4.78 is 5.81. The Balaban J connectivity index is 1.93. The van der Waals surface area contributed by atoms with Gasteiger partial charge in [-0.2, -0.15) is 0 Å². The van der Waals surface area contributed by atoms with E-state index >= 15 is 0 Å². The molecule has 0 amide bonds. The highest BCUT2D eigenvalue weighted by Crippen LogP contribution is 2.42. The Morgan fingerprint density at radius 1 is 1.29 bits per heavy atom. The molecule has 1 aliphatic heterocycles. The molecule has 0 spiro atoms. The van der Waals surface area contributed by atoms with E-state index in [4.69, 9.17) is 26.4 Å². The van der Waals surface area contributed by atoms with Gasteiger partial charge in [0.15, 0.2) is 0 Å². The molecule has 2 aliphatic carbocycles. The molecule has 5 heteroatoms. The maximum absolute atomic E-state index is 9.15. The predicted octanol–water partition coefficient (Wildman–Crippen LogP) is 1.82. The van der Waals surface area contributed by atoms with E-state index in [-0.39, 0.29) is 6.10 Å². The van der Waals surface area contributed by atoms with Crippen molar-refractivity contribution in [3.8, 4) is 0 Å². The summed E-state index contributed by atoms with van der Waals surface area (Å²) in [7, 11) is -1.40. The van der Waals surface area contributed by atoms with E-state index < -0.39 is 7.12 Å². The topological polar surface area (TPSA) is 49.7 Å². The molecule has 0 saturated heterocycles. The van der Waals surface area contributed by atoms with Gasteiger partial charge >= 0.3 is 7.12 Å². The lowest BCUT2D eigenvalue weighted by Crippen LogP contribution is -2.23. The third-order valence-corrected chi connectivity index (χ3v) is 3.69. The van der Waals surface area contributed by atoms with E-state index in [2.05, 4.69) is 0 Å². The van der Waals surface area contributed by atoms with Crippen LogP contribution in [0.2, 0.25) is 0 Å². The molecule has 17 heavy (non-hydrogen) atoms. The van der Waals surface area contributed by atoms with Gasteiger partial charge in [-0.05, 0) is 30.0 Å². The Labute approximate surface area is 105 Å². The zero-order valence-corrected chi connectivity index (χ0v) is 9.94. The van der Waals surface area contributed by atoms with E-state index in [9.17, 15) is 0 Å². The van der Waals surface area contributed by atoms with Crippen molar-refractivity contribution in [3.05, 3.63) is 45.6 Å². The van der Waals surface area contributed by atoms with E-state index in [1.807, 2.05) is 12.2 Å². The molecule has 0 radical (unpaired) electrons. The lowest BCUT2D eigenvalue weighted by atomic mass is 9.72. The van der Waals surface area contributed by atoms with Gasteiger partial charge in [-0.15, -0.1) is 0 Å². The largest absolute Gasteiger partial charge is 0.485 e. The summed E-state index contributed by atoms with van der Waals surface area (Å²) in [6, 6.07) is 0. The molecule has 3 aliphatic rings. The lowest BCUT2D eigenvalue weighted by Gasteiger charge is -2.19. The molecule has 0 aromatic heterocycles. The van der Waals surface area contributed by atoms with Gasteiger partial charge in [-0.25, -0.2) is 0 Å². The van der Waals surface area contributed by atoms with Crippen LogP contribution in [0.5, 0.6) is 0 Å². The molecule has 1 atom stereocenters. The van der Waals surface area contributed by atoms with E-state index in [0.29, 0.717) is 11.9 Å². The molecule has 88 valence electrons. The fourth-order valence-electron chi connectivity index (χ4n) is 2.50. The van der Waals surface area contributed by atoms with Gasteiger partial charge in [0, 0.05) is 17.0 Å². The minimum absolute atomic E-state index is 0.0828. The summed E-state index contributed by atoms with van der Waals surface area (Å²) in [4.78, 5) is 0. The predicted molar refractivity (Wildman–Crippen MR) is 66.0 cm³/mol. The Bertz CT molecular complexity index is 488. The molecular formula is C12H12BClO3. The van der Waals surface area contributed by atoms with Crippen LogP contribution in [-0.2, 0) is 4.74 Å². The Hall–Kier alpha value is -0.965. The van der Waals surface area contributed by atoms with Crippen molar-refractivity contribution in [2.45, 2.75) is 25.4 Å². The summed E-state index contributed by atoms with van der Waals surface area (Å²) >= 11 is 5.99. The second-order valence-corrected chi connectivity index (χ2v) is 4.97. The maximum atomic E-state index is 9.15. The van der Waals surface area contributed by atoms with E-state index in [1.54, 1.807) is 6.08 Å². The van der Waals surface area contributed by atoms with Crippen molar-refractivity contribution in [1.82, 2.24) is 0 Å². The van der Waals surface area contributed by atoms with Crippen molar-refractivity contribution in [2.75, 3.05) is 0 Å². The summed E-state index contributed by atoms with van der Waals surface area (Å²) in [5, 5.41) is 19.1. The zero-order chi connectivity index (χ0) is 12.0. The number of ether oxygens (including phenoxy) is 1. The standard InChI is InChI=1S/C12H12BClO3/c14-8-2-4-10-9-3-1-7(13(15)16)5-11(9)17-12(10)6-8/h1,3,6,11,15-16H,2,4-5H2. The first-order chi connectivity index (χ1) is 8.15. The molecule has 0 fully saturated rings. The molecule has 0 bridgehead atoms. The van der Waals surface area contributed by atoms with Gasteiger partial charge in [0.2, 0.25) is 0 Å². The maximum Gasteiger partial charge on any atom is 0.484 e. The van der Waals surface area contributed by atoms with Crippen LogP contribution < -0.4 is 0 Å². The smallest absolute Gasteiger partial charge is 0.484 e. The Kier molecular flexibility index (Phi) is 2.66. The average molecular weight is 250 g/mol. The van der Waals surface area contributed by atoms with Gasteiger partial charge in [-0.3, -0.25) is 0 Å². The summed E-state index contributed by atoms with van der Waals surface area (Å²) in [5.74, 6) is 0.847. The summed E-state index contributed by atoms with van der Waals surface area (Å²) in [6.45, 7) is 0. The molecule has 0 saturated carbocycles. The second kappa shape index (κ2) is 4.05. The number of allylic oxidation sites excluding steroid dienone is 4. The minimum Gasteiger partial charge on any atom is -0.485 e. The highest BCUT2D eigenvalue weighted by molar-refractivity contribution is 6.50. The molecule has 3 rings (SSSR count). The molecule has 0 aromatic rings. The fourth-order valence-corrected chi connectivity index (χ4v) is 2.70. The van der Waals surface area contributed by atoms with Gasteiger partial charge < -0.3 is 14.8 Å². The van der Waals surface area contributed by atoms with Crippen LogP contribution in [0.1, 0.15) is 19.3 Å². The molecular weight excluding hydrogens is 238 g/mol. The van der Waals surface area contributed by atoms with Crippen LogP contribution in [-0.4, -0.2) is 23.3 Å². The van der Waals surface area contributed by atoms with Crippen LogP contribution in [0.15, 0.2) is 45.6 Å². The van der Waals surface area contributed by atoms with E-state index in [0.717, 1.165) is 29.2 Å². The highest BCUT2D eigenvalue weighted by atomic mass is 35.5. The summed E-state index contributed by atoms with van der Waals surface area (Å²) in [6.07, 6.45) is 7.77. The highest BCUT2D eigenvalue weighted by Gasteiger charge is 2.35. The minimum atomic E-state index is -1.40. The number of halogens is 1. The van der Waals surface area contributed by atoms with Crippen LogP contribution >= 0.6 is 11.6 Å². The van der Waals surface area contributed by atoms with Crippen molar-refractivity contribution < 1.29 is 14.8 Å². The lowest BCUT2D eigenvalue weighted by molar-refractivity contribution is 0.175. The van der Waals surface area contributed by atoms with Crippen molar-refractivity contribution in [1.29, 1.82) is 0 Å². The fraction of sp³-hybridized carbons (Fsp3) is 0.333. The Morgan fingerprint density at radius 2 is 2.12 bits per heavy atom. The van der Waals surface area contributed by atoms with Gasteiger partial charge in [-0.1, -0.05) is 23.8 Å². The first-order valence-corrected chi connectivity index (χ1v) is 6.06. The van der Waals surface area contributed by atoms with Crippen LogP contribution in [0.3, 0.4) is 0 Å². The SMILES string of the molecule is OB(O)C1=CC=C2C3=C(C=C(Cl)CC3)OC2C1. The third kappa shape index (κ3) is 1.86. The molecule has 1 heterocycles. The quantitative estimate of drug-likeness (QED) is 0.698. The van der Waals surface area contributed by atoms with Crippen molar-refractivity contribution in [2.24, 2.45) is 0 Å². The number of hydrogen-bond acceptors (Lipinski definition) is 3. The molecule has 2 N–H and O–H groups in total. The normalized spacial score (nSPS) is 26.5. The number of hydrogen-bond donors (Lipinski definition) is 2. The third-order valence-electron chi connectivity index (χ3n) is 3.39. The zero-order valence-electron chi connectivity index (χ0n) is 9.19. The van der Waals surface area contributed by atoms with Gasteiger partial charge in [0.05, 0.1) is 0 Å². The van der Waals surface area contributed by atoms with Gasteiger partial charge in [0.25, 0.3) is 0 Å². The van der Waals surface area contributed by atoms with E-state index in [1.165, 1.54) is 5.57 Å². The number of rotatable bonds is 1. The molecule has 1 unspecified atom stereocenters. The average Bonchev–Trinajstić information content (AvgIpc) is 2.64. The first kappa shape index (κ1) is 11.1. The molecule has 0 aromatic carbocycles. The van der Waals surface area contributed by atoms with Crippen LogP contribution in [0.4, 0.5) is 0 Å². The Morgan fingerprint density at radius 3 is 2.88 bits per heavy atom. The van der Waals surface area contributed by atoms with Crippen LogP contribution in [0, 0.1) is 0 Å². The first-order valence-electron chi connectivity index (χ1n) is 5.68. The molecule has 3 nitrogen and oxygen atoms in total. The second-order valence-electron chi connectivity index (χ2n) is 4.48. The summed E-state index contributed by atoms with van der Waals surface area (Å²) in [5.41, 5.74) is 2.96. The van der Waals surface area contributed by atoms with Gasteiger partial charge in [0.1, 0.15) is 11.9 Å².